The Morgan fingerprint density at radius 3 is 2.97 bits per heavy atom. The number of hydrogen-bond acceptors (Lipinski definition) is 6. The van der Waals surface area contributed by atoms with Gasteiger partial charge in [0.2, 0.25) is 11.8 Å². The number of carbonyl (C=O) groups excluding carboxylic acids is 3. The van der Waals surface area contributed by atoms with Crippen LogP contribution in [0.15, 0.2) is 41.1 Å². The van der Waals surface area contributed by atoms with E-state index in [1.54, 1.807) is 29.5 Å². The Hall–Kier alpha value is -3.36. The average Bonchev–Trinajstić information content (AvgIpc) is 3.23. The second kappa shape index (κ2) is 8.79. The summed E-state index contributed by atoms with van der Waals surface area (Å²) in [7, 11) is 0. The molecule has 3 amide bonds. The minimum absolute atomic E-state index is 0.00277. The lowest BCUT2D eigenvalue weighted by molar-refractivity contribution is -0.135. The smallest absolute Gasteiger partial charge is 0.256 e. The molecular formula is C22H27N5O4. The van der Waals surface area contributed by atoms with Crippen LogP contribution in [0.1, 0.15) is 48.7 Å². The number of anilines is 1. The van der Waals surface area contributed by atoms with E-state index in [4.69, 9.17) is 4.42 Å². The third-order valence-corrected chi connectivity index (χ3v) is 5.84. The molecule has 9 nitrogen and oxygen atoms in total. The number of hydrogen-bond donors (Lipinski definition) is 3. The Kier molecular flexibility index (Phi) is 5.92. The summed E-state index contributed by atoms with van der Waals surface area (Å²) >= 11 is 0. The molecule has 4 heterocycles. The van der Waals surface area contributed by atoms with Crippen LogP contribution in [-0.4, -0.2) is 52.4 Å². The predicted octanol–water partition coefficient (Wildman–Crippen LogP) is 1.68. The minimum Gasteiger partial charge on any atom is -0.469 e. The maximum atomic E-state index is 12.6. The number of carbonyl (C=O) groups is 3. The van der Waals surface area contributed by atoms with Gasteiger partial charge in [-0.15, -0.1) is 0 Å². The number of pyridine rings is 1. The van der Waals surface area contributed by atoms with E-state index in [9.17, 15) is 14.4 Å². The monoisotopic (exact) mass is 425 g/mol. The van der Waals surface area contributed by atoms with Gasteiger partial charge in [-0.25, -0.2) is 4.98 Å². The first-order chi connectivity index (χ1) is 14.9. The summed E-state index contributed by atoms with van der Waals surface area (Å²) in [4.78, 5) is 43.5. The number of fused-ring (bicyclic) bond motifs is 1. The van der Waals surface area contributed by atoms with Crippen LogP contribution in [0.3, 0.4) is 0 Å². The quantitative estimate of drug-likeness (QED) is 0.648. The van der Waals surface area contributed by atoms with Gasteiger partial charge in [0, 0.05) is 38.0 Å². The average molecular weight is 425 g/mol. The summed E-state index contributed by atoms with van der Waals surface area (Å²) < 4.78 is 5.32. The summed E-state index contributed by atoms with van der Waals surface area (Å²) in [6.07, 6.45) is 5.90. The largest absolute Gasteiger partial charge is 0.469 e. The van der Waals surface area contributed by atoms with E-state index in [2.05, 4.69) is 20.9 Å². The second-order valence-electron chi connectivity index (χ2n) is 8.21. The van der Waals surface area contributed by atoms with Crippen molar-refractivity contribution in [2.75, 3.05) is 18.4 Å². The van der Waals surface area contributed by atoms with Gasteiger partial charge in [-0.05, 0) is 44.0 Å². The van der Waals surface area contributed by atoms with Crippen LogP contribution >= 0.6 is 0 Å². The highest BCUT2D eigenvalue weighted by molar-refractivity contribution is 6.01. The molecule has 164 valence electrons. The molecule has 0 saturated carbocycles. The first-order valence-corrected chi connectivity index (χ1v) is 10.6. The maximum absolute atomic E-state index is 12.6. The highest BCUT2D eigenvalue weighted by atomic mass is 16.3. The minimum atomic E-state index is -0.740. The fraction of sp³-hybridized carbons (Fsp3) is 0.455. The van der Waals surface area contributed by atoms with Crippen molar-refractivity contribution in [2.45, 2.75) is 50.7 Å². The normalized spacial score (nSPS) is 21.6. The van der Waals surface area contributed by atoms with E-state index < -0.39 is 5.66 Å². The molecule has 1 spiro atoms. The van der Waals surface area contributed by atoms with Gasteiger partial charge in [0.1, 0.15) is 17.2 Å². The van der Waals surface area contributed by atoms with Crippen molar-refractivity contribution in [1.29, 1.82) is 0 Å². The Balaban J connectivity index is 1.32. The Morgan fingerprint density at radius 2 is 2.16 bits per heavy atom. The van der Waals surface area contributed by atoms with E-state index in [1.165, 1.54) is 0 Å². The van der Waals surface area contributed by atoms with Crippen LogP contribution in [0.4, 0.5) is 5.82 Å². The lowest BCUT2D eigenvalue weighted by atomic mass is 9.97. The molecule has 4 rings (SSSR count). The van der Waals surface area contributed by atoms with E-state index in [1.807, 2.05) is 19.1 Å². The molecule has 0 aliphatic carbocycles. The summed E-state index contributed by atoms with van der Waals surface area (Å²) in [5.74, 6) is 0.912. The standard InChI is InChI=1S/C22H27N5O4/c1-15(6-7-16-4-3-13-31-16)24-18(28)14-27-12-10-22(9-8-19(27)29)25-20-17(21(30)26-22)5-2-11-23-20/h2-5,11,13,15H,6-10,12,14H2,1H3,(H,23,25)(H,24,28)(H,26,30). The number of nitrogens with one attached hydrogen (secondary N) is 3. The summed E-state index contributed by atoms with van der Waals surface area (Å²) in [6.45, 7) is 2.30. The lowest BCUT2D eigenvalue weighted by Gasteiger charge is -2.39. The van der Waals surface area contributed by atoms with Crippen LogP contribution in [0, 0.1) is 0 Å². The molecule has 2 aliphatic heterocycles. The first-order valence-electron chi connectivity index (χ1n) is 10.6. The van der Waals surface area contributed by atoms with Gasteiger partial charge in [-0.2, -0.15) is 0 Å². The molecule has 2 atom stereocenters. The van der Waals surface area contributed by atoms with Crippen LogP contribution in [-0.2, 0) is 16.0 Å². The van der Waals surface area contributed by atoms with Crippen molar-refractivity contribution >= 4 is 23.5 Å². The van der Waals surface area contributed by atoms with Crippen molar-refractivity contribution in [2.24, 2.45) is 0 Å². The van der Waals surface area contributed by atoms with Crippen LogP contribution in [0.5, 0.6) is 0 Å². The summed E-state index contributed by atoms with van der Waals surface area (Å²) in [5.41, 5.74) is -0.251. The summed E-state index contributed by atoms with van der Waals surface area (Å²) in [6, 6.07) is 7.14. The highest BCUT2D eigenvalue weighted by Crippen LogP contribution is 2.30. The van der Waals surface area contributed by atoms with E-state index in [0.29, 0.717) is 30.8 Å². The van der Waals surface area contributed by atoms with Crippen molar-refractivity contribution in [1.82, 2.24) is 20.5 Å². The van der Waals surface area contributed by atoms with Crippen molar-refractivity contribution in [3.63, 3.8) is 0 Å². The van der Waals surface area contributed by atoms with Crippen molar-refractivity contribution in [3.05, 3.63) is 48.0 Å². The van der Waals surface area contributed by atoms with Gasteiger partial charge in [0.15, 0.2) is 0 Å². The molecule has 2 aliphatic rings. The molecule has 0 bridgehead atoms. The topological polar surface area (TPSA) is 117 Å². The maximum Gasteiger partial charge on any atom is 0.256 e. The van der Waals surface area contributed by atoms with Crippen molar-refractivity contribution in [3.8, 4) is 0 Å². The summed E-state index contributed by atoms with van der Waals surface area (Å²) in [5, 5.41) is 9.27. The van der Waals surface area contributed by atoms with E-state index in [0.717, 1.165) is 18.6 Å². The molecule has 1 saturated heterocycles. The van der Waals surface area contributed by atoms with Gasteiger partial charge in [-0.1, -0.05) is 0 Å². The molecule has 2 aromatic rings. The molecule has 9 heteroatoms. The molecule has 2 aromatic heterocycles. The molecule has 31 heavy (non-hydrogen) atoms. The molecule has 2 unspecified atom stereocenters. The molecule has 0 aromatic carbocycles. The predicted molar refractivity (Wildman–Crippen MR) is 113 cm³/mol. The SMILES string of the molecule is CC(CCc1ccco1)NC(=O)CN1CCC2(CCC1=O)NC(=O)c1cccnc1N2. The molecule has 0 radical (unpaired) electrons. The van der Waals surface area contributed by atoms with E-state index in [-0.39, 0.29) is 36.7 Å². The van der Waals surface area contributed by atoms with Gasteiger partial charge < -0.3 is 25.3 Å². The first kappa shape index (κ1) is 20.9. The number of rotatable bonds is 6. The Morgan fingerprint density at radius 1 is 1.29 bits per heavy atom. The zero-order chi connectivity index (χ0) is 21.8. The van der Waals surface area contributed by atoms with Gasteiger partial charge in [0.05, 0.1) is 18.4 Å². The molecular weight excluding hydrogens is 398 g/mol. The fourth-order valence-corrected chi connectivity index (χ4v) is 4.08. The Bertz CT molecular complexity index is 961. The van der Waals surface area contributed by atoms with Gasteiger partial charge in [-0.3, -0.25) is 14.4 Å². The Labute approximate surface area is 180 Å². The number of furan rings is 1. The molecule has 1 fully saturated rings. The van der Waals surface area contributed by atoms with Gasteiger partial charge in [0.25, 0.3) is 5.91 Å². The third-order valence-electron chi connectivity index (χ3n) is 5.84. The fourth-order valence-electron chi connectivity index (χ4n) is 4.08. The molecule has 3 N–H and O–H groups in total. The second-order valence-corrected chi connectivity index (χ2v) is 8.21. The lowest BCUT2D eigenvalue weighted by Crippen LogP contribution is -2.58. The van der Waals surface area contributed by atoms with Gasteiger partial charge >= 0.3 is 0 Å². The number of amides is 3. The van der Waals surface area contributed by atoms with Crippen LogP contribution < -0.4 is 16.0 Å². The zero-order valence-corrected chi connectivity index (χ0v) is 17.5. The number of likely N-dealkylation sites (tertiary alicyclic amines) is 1. The number of aromatic nitrogens is 1. The highest BCUT2D eigenvalue weighted by Gasteiger charge is 2.41. The van der Waals surface area contributed by atoms with Crippen LogP contribution in [0.2, 0.25) is 0 Å². The number of aryl methyl sites for hydroxylation is 1. The van der Waals surface area contributed by atoms with E-state index >= 15 is 0 Å². The van der Waals surface area contributed by atoms with Crippen molar-refractivity contribution < 1.29 is 18.8 Å². The zero-order valence-electron chi connectivity index (χ0n) is 17.5. The third kappa shape index (κ3) is 4.87. The van der Waals surface area contributed by atoms with Crippen LogP contribution in [0.25, 0.3) is 0 Å². The number of nitrogens with zero attached hydrogens (tertiary/aromatic N) is 2.